The van der Waals surface area contributed by atoms with Gasteiger partial charge in [0.25, 0.3) is 0 Å². The molecule has 0 aliphatic carbocycles. The van der Waals surface area contributed by atoms with Gasteiger partial charge in [0.05, 0.1) is 43.2 Å². The van der Waals surface area contributed by atoms with E-state index in [1.54, 1.807) is 19.1 Å². The molecule has 0 aromatic heterocycles. The highest BCUT2D eigenvalue weighted by Gasteiger charge is 2.26. The first-order valence-electron chi connectivity index (χ1n) is 10.8. The van der Waals surface area contributed by atoms with Crippen LogP contribution in [0.15, 0.2) is 64.6 Å². The number of benzene rings is 1. The van der Waals surface area contributed by atoms with Crippen LogP contribution in [0.5, 0.6) is 0 Å². The molecule has 0 bridgehead atoms. The quantitative estimate of drug-likeness (QED) is 0.128. The second-order valence-corrected chi connectivity index (χ2v) is 7.77. The molecule has 0 saturated carbocycles. The Hall–Kier alpha value is -4.55. The van der Waals surface area contributed by atoms with Crippen LogP contribution < -0.4 is 0 Å². The first kappa shape index (κ1) is 42.5. The number of carbonyl (C=O) groups excluding carboxylic acids is 2. The summed E-state index contributed by atoms with van der Waals surface area (Å²) in [6, 6.07) is 4.88. The van der Waals surface area contributed by atoms with E-state index in [1.165, 1.54) is 39.0 Å². The standard InChI is InChI=1S/C9H6N2O2.C5H12O4.3C4H6O2/c1-7-2-3-8(10-5-12)4-9(7)11-6-13;6-1-5(2-7,3-8)4-9;3*1-3(2)4(5)6/h2-4H,1H3;6-9H,1-4H2;3*1H2,2H3,(H,5,6). The highest BCUT2D eigenvalue weighted by Crippen LogP contribution is 2.23. The summed E-state index contributed by atoms with van der Waals surface area (Å²) >= 11 is 0. The van der Waals surface area contributed by atoms with Gasteiger partial charge >= 0.3 is 17.9 Å². The van der Waals surface area contributed by atoms with E-state index in [1.807, 2.05) is 0 Å². The Morgan fingerprint density at radius 1 is 0.725 bits per heavy atom. The molecule has 0 saturated heterocycles. The molecule has 0 fully saturated rings. The summed E-state index contributed by atoms with van der Waals surface area (Å²) in [6.07, 6.45) is 2.84. The number of carboxylic acid groups (broad SMARTS) is 3. The number of hydrogen-bond acceptors (Lipinski definition) is 11. The Bertz CT molecular complexity index is 984. The molecule has 14 nitrogen and oxygen atoms in total. The zero-order valence-corrected chi connectivity index (χ0v) is 22.7. The van der Waals surface area contributed by atoms with Crippen LogP contribution in [0.25, 0.3) is 0 Å². The number of hydrogen-bond donors (Lipinski definition) is 7. The van der Waals surface area contributed by atoms with E-state index in [2.05, 4.69) is 29.7 Å². The summed E-state index contributed by atoms with van der Waals surface area (Å²) in [5.41, 5.74) is 1.13. The van der Waals surface area contributed by atoms with Gasteiger partial charge in [0, 0.05) is 16.7 Å². The van der Waals surface area contributed by atoms with Gasteiger partial charge in [-0.25, -0.2) is 24.0 Å². The highest BCUT2D eigenvalue weighted by molar-refractivity contribution is 5.85. The van der Waals surface area contributed by atoms with E-state index >= 15 is 0 Å². The fraction of sp³-hybridized carbons (Fsp3) is 0.346. The maximum atomic E-state index is 10.00. The maximum Gasteiger partial charge on any atom is 0.330 e. The largest absolute Gasteiger partial charge is 0.478 e. The molecule has 0 unspecified atom stereocenters. The van der Waals surface area contributed by atoms with Crippen molar-refractivity contribution < 1.29 is 59.7 Å². The number of aliphatic imine (C=N–C) groups is 2. The normalized spacial score (nSPS) is 8.80. The average Bonchev–Trinajstić information content (AvgIpc) is 2.89. The number of aliphatic carboxylic acids is 3. The minimum absolute atomic E-state index is 0.176. The molecular weight excluding hydrogens is 532 g/mol. The summed E-state index contributed by atoms with van der Waals surface area (Å²) in [5, 5.41) is 57.7. The summed E-state index contributed by atoms with van der Waals surface area (Å²) in [7, 11) is 0. The zero-order valence-electron chi connectivity index (χ0n) is 22.7. The smallest absolute Gasteiger partial charge is 0.330 e. The monoisotopic (exact) mass is 568 g/mol. The Morgan fingerprint density at radius 2 is 1.02 bits per heavy atom. The van der Waals surface area contributed by atoms with E-state index in [0.717, 1.165) is 5.56 Å². The van der Waals surface area contributed by atoms with Crippen LogP contribution in [0.1, 0.15) is 26.3 Å². The van der Waals surface area contributed by atoms with Crippen LogP contribution >= 0.6 is 0 Å². The lowest BCUT2D eigenvalue weighted by molar-refractivity contribution is -0.133. The third-order valence-corrected chi connectivity index (χ3v) is 3.97. The third kappa shape index (κ3) is 23.8. The SMILES string of the molecule is C=C(C)C(=O)O.C=C(C)C(=O)O.C=C(C)C(=O)O.Cc1ccc(N=C=O)cc1N=C=O.OCC(CO)(CO)CO. The van der Waals surface area contributed by atoms with Crippen LogP contribution in [-0.4, -0.2) is 92.2 Å². The molecule has 0 radical (unpaired) electrons. The van der Waals surface area contributed by atoms with Gasteiger partial charge in [-0.1, -0.05) is 25.8 Å². The number of isocyanates is 2. The molecule has 0 aliphatic heterocycles. The van der Waals surface area contributed by atoms with Crippen molar-refractivity contribution in [3.63, 3.8) is 0 Å². The first-order valence-corrected chi connectivity index (χ1v) is 10.8. The minimum atomic E-state index is -1.11. The fourth-order valence-electron chi connectivity index (χ4n) is 1.19. The molecule has 0 spiro atoms. The summed E-state index contributed by atoms with van der Waals surface area (Å²) < 4.78 is 0. The van der Waals surface area contributed by atoms with Gasteiger partial charge in [0.2, 0.25) is 12.2 Å². The Balaban J connectivity index is -0.000000213. The molecule has 0 heterocycles. The molecule has 1 aromatic rings. The molecule has 14 heteroatoms. The predicted molar refractivity (Wildman–Crippen MR) is 145 cm³/mol. The van der Waals surface area contributed by atoms with Crippen molar-refractivity contribution >= 4 is 41.4 Å². The van der Waals surface area contributed by atoms with E-state index < -0.39 is 49.8 Å². The van der Waals surface area contributed by atoms with Crippen LogP contribution in [0.2, 0.25) is 0 Å². The Morgan fingerprint density at radius 3 is 1.23 bits per heavy atom. The van der Waals surface area contributed by atoms with E-state index in [0.29, 0.717) is 11.4 Å². The van der Waals surface area contributed by atoms with Gasteiger partial charge in [-0.2, -0.15) is 9.98 Å². The van der Waals surface area contributed by atoms with Crippen LogP contribution in [0.3, 0.4) is 0 Å². The molecule has 40 heavy (non-hydrogen) atoms. The molecule has 0 amide bonds. The number of carboxylic acids is 3. The number of aliphatic hydroxyl groups excluding tert-OH is 4. The Labute approximate surface area is 231 Å². The summed E-state index contributed by atoms with van der Waals surface area (Å²) in [6.45, 7) is 14.0. The number of aryl methyl sites for hydroxylation is 1. The van der Waals surface area contributed by atoms with Crippen molar-refractivity contribution in [3.05, 3.63) is 60.2 Å². The number of carbonyl (C=O) groups is 3. The van der Waals surface area contributed by atoms with Crippen molar-refractivity contribution in [2.75, 3.05) is 26.4 Å². The first-order chi connectivity index (χ1) is 18.4. The topological polar surface area (TPSA) is 252 Å². The number of rotatable bonds is 9. The summed E-state index contributed by atoms with van der Waals surface area (Å²) in [5.74, 6) is -2.81. The lowest BCUT2D eigenvalue weighted by Gasteiger charge is -2.23. The predicted octanol–water partition coefficient (Wildman–Crippen LogP) is 1.81. The van der Waals surface area contributed by atoms with Crippen molar-refractivity contribution in [2.45, 2.75) is 27.7 Å². The maximum absolute atomic E-state index is 10.00. The molecule has 7 N–H and O–H groups in total. The van der Waals surface area contributed by atoms with Crippen molar-refractivity contribution in [2.24, 2.45) is 15.4 Å². The van der Waals surface area contributed by atoms with Gasteiger partial charge in [0.1, 0.15) is 0 Å². The van der Waals surface area contributed by atoms with Gasteiger partial charge in [-0.3, -0.25) is 0 Å². The van der Waals surface area contributed by atoms with Gasteiger partial charge in [0.15, 0.2) is 0 Å². The Kier molecular flexibility index (Phi) is 26.3. The molecule has 1 rings (SSSR count). The zero-order chi connectivity index (χ0) is 32.5. The lowest BCUT2D eigenvalue weighted by atomic mass is 9.93. The molecule has 0 aliphatic rings. The van der Waals surface area contributed by atoms with Gasteiger partial charge in [-0.05, 0) is 45.4 Å². The molecule has 222 valence electrons. The third-order valence-electron chi connectivity index (χ3n) is 3.97. The number of aliphatic hydroxyl groups is 4. The van der Waals surface area contributed by atoms with Crippen molar-refractivity contribution in [1.29, 1.82) is 0 Å². The van der Waals surface area contributed by atoms with E-state index in [9.17, 15) is 24.0 Å². The van der Waals surface area contributed by atoms with Crippen LogP contribution in [-0.2, 0) is 24.0 Å². The van der Waals surface area contributed by atoms with Crippen molar-refractivity contribution in [1.82, 2.24) is 0 Å². The number of nitrogens with zero attached hydrogens (tertiary/aromatic N) is 2. The van der Waals surface area contributed by atoms with E-state index in [4.69, 9.17) is 35.7 Å². The molecule has 1 aromatic carbocycles. The molecule has 0 atom stereocenters. The summed E-state index contributed by atoms with van der Waals surface area (Å²) in [4.78, 5) is 55.6. The lowest BCUT2D eigenvalue weighted by Crippen LogP contribution is -2.37. The molecular formula is C26H36N2O12. The second kappa shape index (κ2) is 24.8. The minimum Gasteiger partial charge on any atom is -0.478 e. The van der Waals surface area contributed by atoms with Crippen molar-refractivity contribution in [3.8, 4) is 0 Å². The van der Waals surface area contributed by atoms with Crippen LogP contribution in [0, 0.1) is 12.3 Å². The average molecular weight is 569 g/mol. The second-order valence-electron chi connectivity index (χ2n) is 7.77. The van der Waals surface area contributed by atoms with E-state index in [-0.39, 0.29) is 16.7 Å². The fourth-order valence-corrected chi connectivity index (χ4v) is 1.19. The highest BCUT2D eigenvalue weighted by atomic mass is 16.4. The van der Waals surface area contributed by atoms with Gasteiger partial charge in [-0.15, -0.1) is 0 Å². The van der Waals surface area contributed by atoms with Crippen LogP contribution in [0.4, 0.5) is 11.4 Å². The van der Waals surface area contributed by atoms with Gasteiger partial charge < -0.3 is 35.7 Å².